The molecule has 6 nitrogen and oxygen atoms in total. The van der Waals surface area contributed by atoms with E-state index in [1.807, 2.05) is 39.0 Å². The Hall–Kier alpha value is -2.12. The van der Waals surface area contributed by atoms with Gasteiger partial charge in [0.05, 0.1) is 17.8 Å². The Balaban J connectivity index is 1.95. The van der Waals surface area contributed by atoms with Crippen molar-refractivity contribution in [3.63, 3.8) is 0 Å². The third kappa shape index (κ3) is 5.71. The Morgan fingerprint density at radius 3 is 2.69 bits per heavy atom. The van der Waals surface area contributed by atoms with Crippen molar-refractivity contribution in [3.8, 4) is 0 Å². The van der Waals surface area contributed by atoms with E-state index in [1.165, 1.54) is 18.0 Å². The number of anilines is 1. The van der Waals surface area contributed by atoms with Gasteiger partial charge < -0.3 is 10.6 Å². The molecular weight excluding hydrogens is 372 g/mol. The first-order valence-corrected chi connectivity index (χ1v) is 9.57. The number of amides is 2. The maximum atomic E-state index is 12.3. The van der Waals surface area contributed by atoms with E-state index in [2.05, 4.69) is 20.6 Å². The Kier molecular flexibility index (Phi) is 7.41. The number of hydrogen-bond donors (Lipinski definition) is 2. The number of nitrogens with zero attached hydrogens (tertiary/aromatic N) is 2. The van der Waals surface area contributed by atoms with Gasteiger partial charge in [0, 0.05) is 11.4 Å². The van der Waals surface area contributed by atoms with Crippen LogP contribution in [0.25, 0.3) is 0 Å². The van der Waals surface area contributed by atoms with Crippen LogP contribution in [0.4, 0.5) is 5.69 Å². The Morgan fingerprint density at radius 2 is 2.00 bits per heavy atom. The van der Waals surface area contributed by atoms with Crippen LogP contribution in [0.15, 0.2) is 29.6 Å². The van der Waals surface area contributed by atoms with Gasteiger partial charge in [-0.2, -0.15) is 0 Å². The molecule has 2 rings (SSSR count). The van der Waals surface area contributed by atoms with Crippen LogP contribution in [0.3, 0.4) is 0 Å². The number of carbonyl (C=O) groups excluding carboxylic acids is 2. The monoisotopic (exact) mass is 392 g/mol. The summed E-state index contributed by atoms with van der Waals surface area (Å²) in [7, 11) is 0. The highest BCUT2D eigenvalue weighted by Crippen LogP contribution is 2.19. The van der Waals surface area contributed by atoms with Crippen LogP contribution in [0.5, 0.6) is 0 Å². The maximum Gasteiger partial charge on any atom is 0.272 e. The van der Waals surface area contributed by atoms with Crippen molar-refractivity contribution >= 4 is 40.9 Å². The summed E-state index contributed by atoms with van der Waals surface area (Å²) in [5.41, 5.74) is 2.98. The van der Waals surface area contributed by atoms with E-state index < -0.39 is 5.91 Å². The third-order valence-electron chi connectivity index (χ3n) is 3.57. The second kappa shape index (κ2) is 9.54. The zero-order valence-corrected chi connectivity index (χ0v) is 16.5. The molecule has 0 saturated carbocycles. The summed E-state index contributed by atoms with van der Waals surface area (Å²) in [5.74, 6) is 0.0134. The minimum absolute atomic E-state index is 0.0688. The molecule has 26 heavy (non-hydrogen) atoms. The molecule has 0 aliphatic rings. The first-order chi connectivity index (χ1) is 12.4. The van der Waals surface area contributed by atoms with E-state index in [4.69, 9.17) is 11.6 Å². The lowest BCUT2D eigenvalue weighted by atomic mass is 10.1. The maximum absolute atomic E-state index is 12.3. The molecule has 0 bridgehead atoms. The molecule has 0 spiro atoms. The van der Waals surface area contributed by atoms with Gasteiger partial charge in [0.15, 0.2) is 10.9 Å². The molecule has 1 aromatic heterocycles. The predicted octanol–water partition coefficient (Wildman–Crippen LogP) is 3.62. The molecule has 1 heterocycles. The lowest BCUT2D eigenvalue weighted by Crippen LogP contribution is -2.33. The van der Waals surface area contributed by atoms with E-state index in [1.54, 1.807) is 0 Å². The molecule has 0 radical (unpaired) electrons. The second-order valence-corrected chi connectivity index (χ2v) is 7.20. The highest BCUT2D eigenvalue weighted by Gasteiger charge is 2.15. The number of halogens is 1. The number of nitrogens with one attached hydrogen (secondary N) is 2. The van der Waals surface area contributed by atoms with Crippen LogP contribution >= 0.6 is 23.4 Å². The number of hydrogen-bond acceptors (Lipinski definition) is 5. The van der Waals surface area contributed by atoms with Gasteiger partial charge in [-0.1, -0.05) is 36.4 Å². The Labute approximate surface area is 162 Å². The van der Waals surface area contributed by atoms with Crippen molar-refractivity contribution < 1.29 is 9.59 Å². The molecule has 1 aromatic carbocycles. The van der Waals surface area contributed by atoms with E-state index in [9.17, 15) is 9.59 Å². The highest BCUT2D eigenvalue weighted by molar-refractivity contribution is 7.99. The van der Waals surface area contributed by atoms with Crippen LogP contribution in [-0.2, 0) is 4.79 Å². The molecule has 0 aliphatic carbocycles. The minimum atomic E-state index is -0.508. The second-order valence-electron chi connectivity index (χ2n) is 5.73. The molecule has 0 fully saturated rings. The van der Waals surface area contributed by atoms with Crippen LogP contribution < -0.4 is 10.6 Å². The fraction of sp³-hybridized carbons (Fsp3) is 0.333. The zero-order valence-electron chi connectivity index (χ0n) is 14.9. The molecule has 0 unspecified atom stereocenters. The normalized spacial score (nSPS) is 10.5. The summed E-state index contributed by atoms with van der Waals surface area (Å²) in [6, 6.07) is 5.63. The largest absolute Gasteiger partial charge is 0.342 e. The van der Waals surface area contributed by atoms with Crippen LogP contribution in [0.1, 0.15) is 35.0 Å². The predicted molar refractivity (Wildman–Crippen MR) is 105 cm³/mol. The van der Waals surface area contributed by atoms with Crippen molar-refractivity contribution in [3.05, 3.63) is 46.2 Å². The van der Waals surface area contributed by atoms with Crippen LogP contribution in [0.2, 0.25) is 5.02 Å². The number of carbonyl (C=O) groups is 2. The van der Waals surface area contributed by atoms with Gasteiger partial charge in [0.2, 0.25) is 5.91 Å². The van der Waals surface area contributed by atoms with E-state index in [-0.39, 0.29) is 23.2 Å². The summed E-state index contributed by atoms with van der Waals surface area (Å²) in [6.45, 7) is 5.84. The first kappa shape index (κ1) is 20.2. The average Bonchev–Trinajstić information content (AvgIpc) is 2.62. The quantitative estimate of drug-likeness (QED) is 0.555. The van der Waals surface area contributed by atoms with Gasteiger partial charge in [-0.05, 0) is 43.5 Å². The van der Waals surface area contributed by atoms with Gasteiger partial charge in [-0.25, -0.2) is 9.97 Å². The molecule has 0 atom stereocenters. The Bertz CT molecular complexity index is 814. The smallest absolute Gasteiger partial charge is 0.272 e. The number of rotatable bonds is 7. The fourth-order valence-electron chi connectivity index (χ4n) is 2.04. The minimum Gasteiger partial charge on any atom is -0.342 e. The van der Waals surface area contributed by atoms with Gasteiger partial charge in [0.25, 0.3) is 5.91 Å². The third-order valence-corrected chi connectivity index (χ3v) is 4.92. The number of thioether (sulfide) groups is 1. The molecule has 8 heteroatoms. The summed E-state index contributed by atoms with van der Waals surface area (Å²) in [6.07, 6.45) is 2.37. The molecule has 138 valence electrons. The van der Waals surface area contributed by atoms with Gasteiger partial charge in [-0.15, -0.1) is 0 Å². The summed E-state index contributed by atoms with van der Waals surface area (Å²) < 4.78 is 0. The number of benzene rings is 1. The van der Waals surface area contributed by atoms with Gasteiger partial charge >= 0.3 is 0 Å². The van der Waals surface area contributed by atoms with Crippen molar-refractivity contribution in [2.45, 2.75) is 32.3 Å². The first-order valence-electron chi connectivity index (χ1n) is 8.21. The topological polar surface area (TPSA) is 84.0 Å². The molecule has 2 aromatic rings. The van der Waals surface area contributed by atoms with Gasteiger partial charge in [0.1, 0.15) is 0 Å². The zero-order chi connectivity index (χ0) is 19.1. The van der Waals surface area contributed by atoms with E-state index in [0.29, 0.717) is 10.8 Å². The van der Waals surface area contributed by atoms with Crippen molar-refractivity contribution in [1.29, 1.82) is 0 Å². The van der Waals surface area contributed by atoms with E-state index >= 15 is 0 Å². The van der Waals surface area contributed by atoms with Crippen molar-refractivity contribution in [2.24, 2.45) is 0 Å². The number of aryl methyl sites for hydroxylation is 2. The van der Waals surface area contributed by atoms with Gasteiger partial charge in [-0.3, -0.25) is 9.59 Å². The lowest BCUT2D eigenvalue weighted by Gasteiger charge is -2.09. The lowest BCUT2D eigenvalue weighted by molar-refractivity contribution is -0.115. The Morgan fingerprint density at radius 1 is 1.23 bits per heavy atom. The van der Waals surface area contributed by atoms with Crippen molar-refractivity contribution in [2.75, 3.05) is 17.6 Å². The standard InChI is InChI=1S/C18H21ClN4O2S/c1-4-7-26-18-21-9-14(19)16(23-18)17(25)20-10-15(24)22-13-6-5-11(2)12(3)8-13/h5-6,8-9H,4,7,10H2,1-3H3,(H,20,25)(H,22,24). The number of aromatic nitrogens is 2. The highest BCUT2D eigenvalue weighted by atomic mass is 35.5. The molecule has 0 aliphatic heterocycles. The molecule has 0 saturated heterocycles. The SMILES string of the molecule is CCCSc1ncc(Cl)c(C(=O)NCC(=O)Nc2ccc(C)c(C)c2)n1. The summed E-state index contributed by atoms with van der Waals surface area (Å²) in [4.78, 5) is 32.6. The van der Waals surface area contributed by atoms with Crippen LogP contribution in [0, 0.1) is 13.8 Å². The molecule has 2 amide bonds. The molecular formula is C18H21ClN4O2S. The van der Waals surface area contributed by atoms with Crippen molar-refractivity contribution in [1.82, 2.24) is 15.3 Å². The van der Waals surface area contributed by atoms with Crippen LogP contribution in [-0.4, -0.2) is 34.1 Å². The van der Waals surface area contributed by atoms with E-state index in [0.717, 1.165) is 23.3 Å². The molecule has 2 N–H and O–H groups in total. The summed E-state index contributed by atoms with van der Waals surface area (Å²) >= 11 is 7.46. The average molecular weight is 393 g/mol. The summed E-state index contributed by atoms with van der Waals surface area (Å²) in [5, 5.41) is 5.92. The fourth-order valence-corrected chi connectivity index (χ4v) is 2.89.